The summed E-state index contributed by atoms with van der Waals surface area (Å²) in [5.74, 6) is 1.14. The van der Waals surface area contributed by atoms with Crippen LogP contribution < -0.4 is 15.0 Å². The second-order valence-corrected chi connectivity index (χ2v) is 5.89. The molecule has 1 aromatic heterocycles. The molecule has 0 aliphatic rings. The van der Waals surface area contributed by atoms with Gasteiger partial charge in [0.1, 0.15) is 0 Å². The Labute approximate surface area is 152 Å². The van der Waals surface area contributed by atoms with E-state index in [0.717, 1.165) is 12.8 Å². The maximum atomic E-state index is 12.8. The number of aryl methyl sites for hydroxylation is 1. The molecule has 0 N–H and O–H groups in total. The third-order valence-electron chi connectivity index (χ3n) is 4.15. The molecule has 1 heterocycles. The molecule has 0 saturated carbocycles. The molecule has 0 aliphatic heterocycles. The van der Waals surface area contributed by atoms with Crippen molar-refractivity contribution in [2.45, 2.75) is 40.0 Å². The lowest BCUT2D eigenvalue weighted by molar-refractivity contribution is -0.384. The highest BCUT2D eigenvalue weighted by Gasteiger charge is 2.21. The molecule has 0 atom stereocenters. The first-order valence-corrected chi connectivity index (χ1v) is 8.71. The third-order valence-corrected chi connectivity index (χ3v) is 4.15. The first-order chi connectivity index (χ1) is 12.4. The van der Waals surface area contributed by atoms with E-state index >= 15 is 0 Å². The van der Waals surface area contributed by atoms with Gasteiger partial charge in [0.2, 0.25) is 5.75 Å². The first-order valence-electron chi connectivity index (χ1n) is 8.71. The van der Waals surface area contributed by atoms with Gasteiger partial charge in [0.15, 0.2) is 5.75 Å². The zero-order valence-corrected chi connectivity index (χ0v) is 15.6. The van der Waals surface area contributed by atoms with Gasteiger partial charge in [-0.3, -0.25) is 14.9 Å². The van der Waals surface area contributed by atoms with Gasteiger partial charge in [0.05, 0.1) is 22.8 Å². The highest BCUT2D eigenvalue weighted by atomic mass is 16.6. The van der Waals surface area contributed by atoms with Gasteiger partial charge in [-0.15, -0.1) is 0 Å². The Morgan fingerprint density at radius 3 is 2.62 bits per heavy atom. The number of rotatable bonds is 8. The maximum Gasteiger partial charge on any atom is 0.297 e. The van der Waals surface area contributed by atoms with Crippen LogP contribution in [0, 0.1) is 10.1 Å². The summed E-state index contributed by atoms with van der Waals surface area (Å²) in [6.45, 7) is 6.23. The molecule has 0 bridgehead atoms. The first kappa shape index (κ1) is 19.5. The quantitative estimate of drug-likeness (QED) is 0.303. The minimum atomic E-state index is -0.487. The Morgan fingerprint density at radius 1 is 1.31 bits per heavy atom. The van der Waals surface area contributed by atoms with E-state index in [9.17, 15) is 14.9 Å². The number of aromatic nitrogens is 1. The number of fused-ring (bicyclic) bond motifs is 1. The monoisotopic (exact) mass is 360 g/mol. The van der Waals surface area contributed by atoms with E-state index in [0.29, 0.717) is 35.4 Å². The summed E-state index contributed by atoms with van der Waals surface area (Å²) in [7, 11) is 1.57. The van der Waals surface area contributed by atoms with E-state index in [1.54, 1.807) is 13.1 Å². The zero-order chi connectivity index (χ0) is 19.3. The molecule has 26 heavy (non-hydrogen) atoms. The number of benzene rings is 1. The van der Waals surface area contributed by atoms with Gasteiger partial charge in [-0.1, -0.05) is 20.3 Å². The average molecular weight is 360 g/mol. The number of non-ortho nitro benzene ring substituents is 1. The molecule has 140 valence electrons. The van der Waals surface area contributed by atoms with E-state index in [2.05, 4.69) is 0 Å². The molecule has 2 rings (SSSR count). The Morgan fingerprint density at radius 2 is 2.04 bits per heavy atom. The summed E-state index contributed by atoms with van der Waals surface area (Å²) in [5.41, 5.74) is -0.0379. The standard InChI is InChI=1S/C19H24N2O5/c1-5-8-11-25-18-17(26-14(6-2)7-3)15-10-9-13(21(23)24)12-16(15)20(4)19(18)22/h6,9-10,12H,5,7-8,11H2,1-4H3. The van der Waals surface area contributed by atoms with Crippen LogP contribution in [0.1, 0.15) is 40.0 Å². The molecular formula is C19H24N2O5. The van der Waals surface area contributed by atoms with Crippen molar-refractivity contribution in [2.24, 2.45) is 7.05 Å². The molecular weight excluding hydrogens is 336 g/mol. The second-order valence-electron chi connectivity index (χ2n) is 5.89. The van der Waals surface area contributed by atoms with Crippen molar-refractivity contribution in [1.29, 1.82) is 0 Å². The van der Waals surface area contributed by atoms with Crippen LogP contribution in [0.15, 0.2) is 34.8 Å². The molecule has 7 heteroatoms. The Bertz CT molecular complexity index is 899. The van der Waals surface area contributed by atoms with E-state index in [4.69, 9.17) is 9.47 Å². The summed E-state index contributed by atoms with van der Waals surface area (Å²) in [5, 5.41) is 11.7. The van der Waals surface area contributed by atoms with Crippen LogP contribution in [0.25, 0.3) is 10.9 Å². The van der Waals surface area contributed by atoms with Crippen LogP contribution in [0.4, 0.5) is 5.69 Å². The molecule has 0 amide bonds. The molecule has 0 spiro atoms. The van der Waals surface area contributed by atoms with Crippen molar-refractivity contribution in [3.05, 3.63) is 50.5 Å². The second kappa shape index (κ2) is 8.51. The van der Waals surface area contributed by atoms with Gasteiger partial charge in [-0.05, 0) is 25.5 Å². The molecule has 0 aliphatic carbocycles. The lowest BCUT2D eigenvalue weighted by atomic mass is 10.1. The number of pyridine rings is 1. The minimum absolute atomic E-state index is 0.0835. The van der Waals surface area contributed by atoms with Crippen molar-refractivity contribution in [1.82, 2.24) is 4.57 Å². The van der Waals surface area contributed by atoms with Gasteiger partial charge in [0.25, 0.3) is 11.2 Å². The summed E-state index contributed by atoms with van der Waals surface area (Å²) < 4.78 is 13.1. The van der Waals surface area contributed by atoms with Gasteiger partial charge >= 0.3 is 0 Å². The van der Waals surface area contributed by atoms with E-state index in [1.807, 2.05) is 26.8 Å². The highest BCUT2D eigenvalue weighted by Crippen LogP contribution is 2.36. The number of hydrogen-bond donors (Lipinski definition) is 0. The van der Waals surface area contributed by atoms with Crippen molar-refractivity contribution < 1.29 is 14.4 Å². The van der Waals surface area contributed by atoms with Gasteiger partial charge < -0.3 is 14.0 Å². The number of allylic oxidation sites excluding steroid dienone is 2. The Hall–Kier alpha value is -2.83. The van der Waals surface area contributed by atoms with Crippen molar-refractivity contribution in [3.8, 4) is 11.5 Å². The van der Waals surface area contributed by atoms with Crippen molar-refractivity contribution >= 4 is 16.6 Å². The lowest BCUT2D eigenvalue weighted by Crippen LogP contribution is -2.21. The average Bonchev–Trinajstić information content (AvgIpc) is 2.65. The summed E-state index contributed by atoms with van der Waals surface area (Å²) >= 11 is 0. The predicted molar refractivity (Wildman–Crippen MR) is 101 cm³/mol. The summed E-state index contributed by atoms with van der Waals surface area (Å²) in [6.07, 6.45) is 4.22. The molecule has 0 unspecified atom stereocenters. The molecule has 1 aromatic carbocycles. The smallest absolute Gasteiger partial charge is 0.297 e. The SMILES string of the molecule is CC=C(CC)Oc1c(OCCCC)c(=O)n(C)c2cc([N+](=O)[O-])ccc12. The van der Waals surface area contributed by atoms with Crippen LogP contribution in [0.5, 0.6) is 11.5 Å². The Balaban J connectivity index is 2.74. The number of hydrogen-bond acceptors (Lipinski definition) is 5. The number of nitrogens with zero attached hydrogens (tertiary/aromatic N) is 2. The summed E-state index contributed by atoms with van der Waals surface area (Å²) in [6, 6.07) is 4.37. The highest BCUT2D eigenvalue weighted by molar-refractivity contribution is 5.89. The van der Waals surface area contributed by atoms with Gasteiger partial charge in [0, 0.05) is 31.0 Å². The molecule has 2 aromatic rings. The van der Waals surface area contributed by atoms with Crippen molar-refractivity contribution in [3.63, 3.8) is 0 Å². The Kier molecular flexibility index (Phi) is 6.38. The van der Waals surface area contributed by atoms with E-state index in [1.165, 1.54) is 16.7 Å². The van der Waals surface area contributed by atoms with Crippen LogP contribution in [-0.4, -0.2) is 16.1 Å². The van der Waals surface area contributed by atoms with E-state index < -0.39 is 4.92 Å². The van der Waals surface area contributed by atoms with Crippen LogP contribution in [0.2, 0.25) is 0 Å². The number of nitro benzene ring substituents is 1. The molecule has 0 fully saturated rings. The van der Waals surface area contributed by atoms with Gasteiger partial charge in [-0.2, -0.15) is 0 Å². The fourth-order valence-corrected chi connectivity index (χ4v) is 2.60. The summed E-state index contributed by atoms with van der Waals surface area (Å²) in [4.78, 5) is 23.4. The van der Waals surface area contributed by atoms with Gasteiger partial charge in [-0.25, -0.2) is 0 Å². The topological polar surface area (TPSA) is 83.6 Å². The lowest BCUT2D eigenvalue weighted by Gasteiger charge is -2.17. The maximum absolute atomic E-state index is 12.8. The van der Waals surface area contributed by atoms with Crippen LogP contribution >= 0.6 is 0 Å². The van der Waals surface area contributed by atoms with E-state index in [-0.39, 0.29) is 17.0 Å². The zero-order valence-electron chi connectivity index (χ0n) is 15.6. The number of nitro groups is 1. The minimum Gasteiger partial charge on any atom is -0.485 e. The van der Waals surface area contributed by atoms with Crippen LogP contribution in [0.3, 0.4) is 0 Å². The molecule has 0 saturated heterocycles. The predicted octanol–water partition coefficient (Wildman–Crippen LogP) is 4.32. The molecule has 0 radical (unpaired) electrons. The largest absolute Gasteiger partial charge is 0.485 e. The molecule has 7 nitrogen and oxygen atoms in total. The number of unbranched alkanes of at least 4 members (excludes halogenated alkanes) is 1. The fraction of sp³-hybridized carbons (Fsp3) is 0.421. The normalized spacial score (nSPS) is 11.6. The van der Waals surface area contributed by atoms with Crippen LogP contribution in [-0.2, 0) is 7.05 Å². The third kappa shape index (κ3) is 3.87. The number of ether oxygens (including phenoxy) is 2. The van der Waals surface area contributed by atoms with Crippen molar-refractivity contribution in [2.75, 3.05) is 6.61 Å². The fourth-order valence-electron chi connectivity index (χ4n) is 2.60.